The molecule has 0 bridgehead atoms. The van der Waals surface area contributed by atoms with E-state index in [1.54, 1.807) is 6.92 Å². The molecule has 0 aliphatic carbocycles. The molecule has 0 aliphatic heterocycles. The van der Waals surface area contributed by atoms with E-state index in [-0.39, 0.29) is 5.91 Å². The van der Waals surface area contributed by atoms with Crippen LogP contribution in [0.15, 0.2) is 28.6 Å². The van der Waals surface area contributed by atoms with Crippen molar-refractivity contribution in [3.05, 3.63) is 24.3 Å². The fraction of sp³-hybridized carbons (Fsp3) is 0.550. The lowest BCUT2D eigenvalue weighted by Crippen LogP contribution is -2.39. The highest BCUT2D eigenvalue weighted by Gasteiger charge is 2.32. The first-order valence-corrected chi connectivity index (χ1v) is 11.2. The molecule has 5 nitrogen and oxygen atoms in total. The number of thioether (sulfide) groups is 1. The van der Waals surface area contributed by atoms with Gasteiger partial charge in [0.05, 0.1) is 16.1 Å². The van der Waals surface area contributed by atoms with Crippen LogP contribution in [0.25, 0.3) is 10.2 Å². The summed E-state index contributed by atoms with van der Waals surface area (Å²) in [5, 5.41) is 11.6. The summed E-state index contributed by atoms with van der Waals surface area (Å²) in [4.78, 5) is 28.6. The lowest BCUT2D eigenvalue weighted by Gasteiger charge is -2.18. The first-order valence-electron chi connectivity index (χ1n) is 9.55. The van der Waals surface area contributed by atoms with E-state index in [1.807, 2.05) is 24.3 Å². The minimum Gasteiger partial charge on any atom is -0.481 e. The molecule has 0 fully saturated rings. The van der Waals surface area contributed by atoms with Gasteiger partial charge in [0.1, 0.15) is 5.25 Å². The lowest BCUT2D eigenvalue weighted by molar-refractivity contribution is -0.142. The van der Waals surface area contributed by atoms with Crippen molar-refractivity contribution < 1.29 is 14.7 Å². The fourth-order valence-electron chi connectivity index (χ4n) is 2.74. The topological polar surface area (TPSA) is 79.3 Å². The van der Waals surface area contributed by atoms with E-state index in [4.69, 9.17) is 0 Å². The highest BCUT2D eigenvalue weighted by Crippen LogP contribution is 2.34. The van der Waals surface area contributed by atoms with Crippen LogP contribution in [0, 0.1) is 5.92 Å². The molecule has 0 saturated carbocycles. The Morgan fingerprint density at radius 3 is 2.59 bits per heavy atom. The number of rotatable bonds is 12. The molecule has 0 saturated heterocycles. The second-order valence-electron chi connectivity index (χ2n) is 6.67. The summed E-state index contributed by atoms with van der Waals surface area (Å²) < 4.78 is 1.76. The van der Waals surface area contributed by atoms with Crippen LogP contribution in [0.2, 0.25) is 0 Å². The van der Waals surface area contributed by atoms with Gasteiger partial charge >= 0.3 is 5.97 Å². The number of aliphatic carboxylic acids is 1. The minimum absolute atomic E-state index is 0.220. The number of carbonyl (C=O) groups excluding carboxylic acids is 1. The van der Waals surface area contributed by atoms with Gasteiger partial charge in [0.25, 0.3) is 0 Å². The maximum atomic E-state index is 12.6. The molecule has 0 aliphatic rings. The van der Waals surface area contributed by atoms with Crippen molar-refractivity contribution in [3.8, 4) is 0 Å². The Kier molecular flexibility index (Phi) is 9.07. The van der Waals surface area contributed by atoms with Gasteiger partial charge in [0, 0.05) is 6.54 Å². The van der Waals surface area contributed by atoms with Gasteiger partial charge in [-0.2, -0.15) is 0 Å². The molecule has 2 atom stereocenters. The Balaban J connectivity index is 1.93. The Labute approximate surface area is 169 Å². The number of nitrogens with zero attached hydrogens (tertiary/aromatic N) is 1. The largest absolute Gasteiger partial charge is 0.481 e. The smallest absolute Gasteiger partial charge is 0.307 e. The molecule has 1 aromatic heterocycles. The van der Waals surface area contributed by atoms with E-state index in [2.05, 4.69) is 17.2 Å². The van der Waals surface area contributed by atoms with Crippen LogP contribution in [-0.4, -0.2) is 33.8 Å². The van der Waals surface area contributed by atoms with E-state index < -0.39 is 17.1 Å². The van der Waals surface area contributed by atoms with E-state index in [0.717, 1.165) is 27.4 Å². The Morgan fingerprint density at radius 1 is 1.19 bits per heavy atom. The van der Waals surface area contributed by atoms with Crippen molar-refractivity contribution in [1.82, 2.24) is 10.3 Å². The van der Waals surface area contributed by atoms with Crippen LogP contribution >= 0.6 is 23.1 Å². The van der Waals surface area contributed by atoms with Crippen molar-refractivity contribution in [2.75, 3.05) is 6.54 Å². The van der Waals surface area contributed by atoms with Gasteiger partial charge in [-0.1, -0.05) is 69.8 Å². The van der Waals surface area contributed by atoms with Gasteiger partial charge < -0.3 is 10.4 Å². The number of nitrogens with one attached hydrogen (secondary N) is 1. The molecule has 1 aromatic carbocycles. The second kappa shape index (κ2) is 11.3. The molecule has 1 amide bonds. The van der Waals surface area contributed by atoms with E-state index >= 15 is 0 Å². The van der Waals surface area contributed by atoms with Crippen molar-refractivity contribution in [2.24, 2.45) is 5.92 Å². The average Bonchev–Trinajstić information content (AvgIpc) is 3.07. The van der Waals surface area contributed by atoms with Crippen LogP contribution in [0.3, 0.4) is 0 Å². The number of aromatic nitrogens is 1. The molecule has 0 spiro atoms. The molecule has 0 radical (unpaired) electrons. The molecule has 1 heterocycles. The zero-order valence-corrected chi connectivity index (χ0v) is 17.6. The van der Waals surface area contributed by atoms with Crippen molar-refractivity contribution in [1.29, 1.82) is 0 Å². The first kappa shape index (κ1) is 21.7. The number of hydrogen-bond acceptors (Lipinski definition) is 5. The van der Waals surface area contributed by atoms with Crippen molar-refractivity contribution in [3.63, 3.8) is 0 Å². The summed E-state index contributed by atoms with van der Waals surface area (Å²) in [7, 11) is 0. The zero-order chi connectivity index (χ0) is 19.6. The predicted molar refractivity (Wildman–Crippen MR) is 112 cm³/mol. The number of carbonyl (C=O) groups is 2. The molecule has 2 unspecified atom stereocenters. The molecule has 2 aromatic rings. The average molecular weight is 409 g/mol. The standard InChI is InChI=1S/C20H28N2O3S2/c1-3-4-5-6-7-10-13-21-18(23)17(14(2)19(24)25)27-20-22-15-11-8-9-12-16(15)26-20/h8-9,11-12,14,17H,3-7,10,13H2,1-2H3,(H,21,23)(H,24,25). The summed E-state index contributed by atoms with van der Waals surface area (Å²) in [6.45, 7) is 4.36. The van der Waals surface area contributed by atoms with Gasteiger partial charge in [-0.15, -0.1) is 11.3 Å². The summed E-state index contributed by atoms with van der Waals surface area (Å²) in [5.74, 6) is -1.97. The SMILES string of the molecule is CCCCCCCCNC(=O)C(Sc1nc2ccccc2s1)C(C)C(=O)O. The van der Waals surface area contributed by atoms with E-state index in [9.17, 15) is 14.7 Å². The second-order valence-corrected chi connectivity index (χ2v) is 9.09. The molecular formula is C20H28N2O3S2. The van der Waals surface area contributed by atoms with Crippen molar-refractivity contribution >= 4 is 45.2 Å². The summed E-state index contributed by atoms with van der Waals surface area (Å²) >= 11 is 2.74. The van der Waals surface area contributed by atoms with Crippen LogP contribution in [0.1, 0.15) is 52.4 Å². The monoisotopic (exact) mass is 408 g/mol. The number of carboxylic acids is 1. The third-order valence-corrected chi connectivity index (χ3v) is 6.97. The van der Waals surface area contributed by atoms with Crippen LogP contribution in [0.5, 0.6) is 0 Å². The number of hydrogen-bond donors (Lipinski definition) is 2. The summed E-state index contributed by atoms with van der Waals surface area (Å²) in [6, 6.07) is 7.76. The zero-order valence-electron chi connectivity index (χ0n) is 15.9. The maximum absolute atomic E-state index is 12.6. The Morgan fingerprint density at radius 2 is 1.89 bits per heavy atom. The number of thiazole rings is 1. The van der Waals surface area contributed by atoms with E-state index in [0.29, 0.717) is 6.54 Å². The Bertz CT molecular complexity index is 715. The third-order valence-electron chi connectivity index (χ3n) is 4.43. The molecule has 2 rings (SSSR count). The fourth-order valence-corrected chi connectivity index (χ4v) is 5.09. The van der Waals surface area contributed by atoms with Gasteiger partial charge in [-0.3, -0.25) is 9.59 Å². The Hall–Kier alpha value is -1.60. The van der Waals surface area contributed by atoms with Gasteiger partial charge in [-0.25, -0.2) is 4.98 Å². The van der Waals surface area contributed by atoms with Crippen LogP contribution < -0.4 is 5.32 Å². The van der Waals surface area contributed by atoms with Gasteiger partial charge in [-0.05, 0) is 18.6 Å². The number of amides is 1. The number of para-hydroxylation sites is 1. The van der Waals surface area contributed by atoms with Crippen molar-refractivity contribution in [2.45, 2.75) is 62.0 Å². The summed E-state index contributed by atoms with van der Waals surface area (Å²) in [6.07, 6.45) is 6.90. The molecule has 27 heavy (non-hydrogen) atoms. The number of fused-ring (bicyclic) bond motifs is 1. The van der Waals surface area contributed by atoms with Gasteiger partial charge in [0.2, 0.25) is 5.91 Å². The van der Waals surface area contributed by atoms with Gasteiger partial charge in [0.15, 0.2) is 4.34 Å². The normalized spacial score (nSPS) is 13.4. The predicted octanol–water partition coefficient (Wildman–Crippen LogP) is 4.95. The maximum Gasteiger partial charge on any atom is 0.307 e. The number of benzene rings is 1. The lowest BCUT2D eigenvalue weighted by atomic mass is 10.1. The highest BCUT2D eigenvalue weighted by atomic mass is 32.2. The molecule has 148 valence electrons. The number of carboxylic acid groups (broad SMARTS) is 1. The molecule has 2 N–H and O–H groups in total. The summed E-state index contributed by atoms with van der Waals surface area (Å²) in [5.41, 5.74) is 0.874. The first-order chi connectivity index (χ1) is 13.0. The number of unbranched alkanes of at least 4 members (excludes halogenated alkanes) is 5. The third kappa shape index (κ3) is 6.81. The quantitative estimate of drug-likeness (QED) is 0.383. The minimum atomic E-state index is -0.969. The van der Waals surface area contributed by atoms with E-state index in [1.165, 1.54) is 48.8 Å². The van der Waals surface area contributed by atoms with Crippen LogP contribution in [0.4, 0.5) is 0 Å². The molecular weight excluding hydrogens is 380 g/mol. The molecule has 7 heteroatoms. The van der Waals surface area contributed by atoms with Crippen LogP contribution in [-0.2, 0) is 9.59 Å². The highest BCUT2D eigenvalue weighted by molar-refractivity contribution is 8.02.